The molecule has 0 saturated carbocycles. The molecule has 0 aromatic carbocycles. The number of aromatic nitrogens is 2. The summed E-state index contributed by atoms with van der Waals surface area (Å²) < 4.78 is 5.38. The molecule has 1 N–H and O–H groups in total. The van der Waals surface area contributed by atoms with Crippen LogP contribution < -0.4 is 0 Å². The molecule has 5 nitrogen and oxygen atoms in total. The molecule has 2 aliphatic rings. The van der Waals surface area contributed by atoms with Crippen LogP contribution in [0.15, 0.2) is 24.4 Å². The quantitative estimate of drug-likeness (QED) is 0.927. The molecule has 4 rings (SSSR count). The lowest BCUT2D eigenvalue weighted by Crippen LogP contribution is -2.43. The molecule has 0 bridgehead atoms. The molecule has 2 aromatic rings. The molecule has 2 aliphatic heterocycles. The number of nitrogens with zero attached hydrogens (tertiary/aromatic N) is 2. The van der Waals surface area contributed by atoms with Crippen molar-refractivity contribution in [1.82, 2.24) is 14.9 Å². The zero-order valence-corrected chi connectivity index (χ0v) is 13.3. The van der Waals surface area contributed by atoms with Crippen LogP contribution in [0.4, 0.5) is 0 Å². The van der Waals surface area contributed by atoms with E-state index in [1.165, 1.54) is 5.69 Å². The van der Waals surface area contributed by atoms with Crippen LogP contribution in [0, 0.1) is 5.92 Å². The van der Waals surface area contributed by atoms with Crippen molar-refractivity contribution in [3.8, 4) is 0 Å². The molecule has 1 amide bonds. The third kappa shape index (κ3) is 2.98. The SMILES string of the molecule is O=C(C1CCOCC1)N1CCC[C@H](c2cc3cccnc3[nH]2)C1. The van der Waals surface area contributed by atoms with Gasteiger partial charge in [-0.25, -0.2) is 4.98 Å². The van der Waals surface area contributed by atoms with Crippen molar-refractivity contribution >= 4 is 16.9 Å². The second-order valence-electron chi connectivity index (χ2n) is 6.68. The Bertz CT molecular complexity index is 657. The molecule has 0 aliphatic carbocycles. The van der Waals surface area contributed by atoms with Gasteiger partial charge in [-0.1, -0.05) is 0 Å². The second-order valence-corrected chi connectivity index (χ2v) is 6.68. The molecule has 1 atom stereocenters. The number of aromatic amines is 1. The Hall–Kier alpha value is -1.88. The van der Waals surface area contributed by atoms with Gasteiger partial charge >= 0.3 is 0 Å². The molecule has 122 valence electrons. The van der Waals surface area contributed by atoms with Crippen molar-refractivity contribution in [2.75, 3.05) is 26.3 Å². The summed E-state index contributed by atoms with van der Waals surface area (Å²) in [5.74, 6) is 0.876. The number of ether oxygens (including phenoxy) is 1. The van der Waals surface area contributed by atoms with Crippen LogP contribution >= 0.6 is 0 Å². The number of amides is 1. The minimum Gasteiger partial charge on any atom is -0.381 e. The third-order valence-corrected chi connectivity index (χ3v) is 5.16. The number of carbonyl (C=O) groups is 1. The Morgan fingerprint density at radius 2 is 2.17 bits per heavy atom. The van der Waals surface area contributed by atoms with Gasteiger partial charge in [0, 0.05) is 55.4 Å². The molecule has 5 heteroatoms. The summed E-state index contributed by atoms with van der Waals surface area (Å²) in [6.45, 7) is 3.16. The minimum absolute atomic E-state index is 0.159. The van der Waals surface area contributed by atoms with Crippen LogP contribution in [0.25, 0.3) is 11.0 Å². The summed E-state index contributed by atoms with van der Waals surface area (Å²) in [5.41, 5.74) is 2.15. The molecule has 2 aromatic heterocycles. The maximum absolute atomic E-state index is 12.7. The van der Waals surface area contributed by atoms with Crippen molar-refractivity contribution in [3.63, 3.8) is 0 Å². The van der Waals surface area contributed by atoms with Crippen molar-refractivity contribution in [2.24, 2.45) is 5.92 Å². The van der Waals surface area contributed by atoms with E-state index in [9.17, 15) is 4.79 Å². The van der Waals surface area contributed by atoms with Crippen LogP contribution in [0.5, 0.6) is 0 Å². The first-order chi connectivity index (χ1) is 11.3. The second kappa shape index (κ2) is 6.32. The van der Waals surface area contributed by atoms with Crippen LogP contribution in [-0.2, 0) is 9.53 Å². The topological polar surface area (TPSA) is 58.2 Å². The maximum atomic E-state index is 12.7. The van der Waals surface area contributed by atoms with Gasteiger partial charge in [0.2, 0.25) is 5.91 Å². The average Bonchev–Trinajstić information content (AvgIpc) is 3.06. The standard InChI is InChI=1S/C18H23N3O2/c22-18(13-5-9-23-10-6-13)21-8-2-4-15(12-21)16-11-14-3-1-7-19-17(14)20-16/h1,3,7,11,13,15H,2,4-6,8-10,12H2,(H,19,20)/t15-/m0/s1. The highest BCUT2D eigenvalue weighted by atomic mass is 16.5. The Balaban J connectivity index is 1.48. The van der Waals surface area contributed by atoms with Gasteiger partial charge in [0.15, 0.2) is 0 Å². The number of likely N-dealkylation sites (tertiary alicyclic amines) is 1. The first kappa shape index (κ1) is 14.7. The van der Waals surface area contributed by atoms with Crippen molar-refractivity contribution in [3.05, 3.63) is 30.1 Å². The molecule has 2 fully saturated rings. The van der Waals surface area contributed by atoms with Crippen LogP contribution in [0.1, 0.15) is 37.3 Å². The number of rotatable bonds is 2. The van der Waals surface area contributed by atoms with E-state index in [1.54, 1.807) is 0 Å². The molecule has 4 heterocycles. The first-order valence-corrected chi connectivity index (χ1v) is 8.61. The molecular formula is C18H23N3O2. The summed E-state index contributed by atoms with van der Waals surface area (Å²) in [6, 6.07) is 6.23. The number of H-pyrrole nitrogens is 1. The fourth-order valence-corrected chi connectivity index (χ4v) is 3.83. The van der Waals surface area contributed by atoms with E-state index in [0.717, 1.165) is 63.0 Å². The first-order valence-electron chi connectivity index (χ1n) is 8.61. The molecule has 2 saturated heterocycles. The summed E-state index contributed by atoms with van der Waals surface area (Å²) in [6.07, 6.45) is 5.75. The van der Waals surface area contributed by atoms with Crippen molar-refractivity contribution < 1.29 is 9.53 Å². The van der Waals surface area contributed by atoms with Gasteiger partial charge in [-0.3, -0.25) is 4.79 Å². The Kier molecular flexibility index (Phi) is 4.04. The molecule has 0 spiro atoms. The average molecular weight is 313 g/mol. The maximum Gasteiger partial charge on any atom is 0.225 e. The van der Waals surface area contributed by atoms with E-state index >= 15 is 0 Å². The van der Waals surface area contributed by atoms with E-state index in [1.807, 2.05) is 12.3 Å². The lowest BCUT2D eigenvalue weighted by atomic mass is 9.92. The van der Waals surface area contributed by atoms with Crippen molar-refractivity contribution in [2.45, 2.75) is 31.6 Å². The number of piperidine rings is 1. The van der Waals surface area contributed by atoms with E-state index in [0.29, 0.717) is 11.8 Å². The highest BCUT2D eigenvalue weighted by molar-refractivity contribution is 5.79. The Labute approximate surface area is 136 Å². The van der Waals surface area contributed by atoms with Gasteiger partial charge in [-0.15, -0.1) is 0 Å². The minimum atomic E-state index is 0.159. The van der Waals surface area contributed by atoms with Gasteiger partial charge in [0.05, 0.1) is 0 Å². The Morgan fingerprint density at radius 3 is 3.00 bits per heavy atom. The summed E-state index contributed by atoms with van der Waals surface area (Å²) in [4.78, 5) is 22.6. The highest BCUT2D eigenvalue weighted by Crippen LogP contribution is 2.30. The third-order valence-electron chi connectivity index (χ3n) is 5.16. The highest BCUT2D eigenvalue weighted by Gasteiger charge is 2.31. The lowest BCUT2D eigenvalue weighted by Gasteiger charge is -2.35. The van der Waals surface area contributed by atoms with Gasteiger partial charge in [-0.2, -0.15) is 0 Å². The van der Waals surface area contributed by atoms with Gasteiger partial charge in [-0.05, 0) is 43.9 Å². The van der Waals surface area contributed by atoms with Crippen LogP contribution in [-0.4, -0.2) is 47.1 Å². The largest absolute Gasteiger partial charge is 0.381 e. The van der Waals surface area contributed by atoms with E-state index < -0.39 is 0 Å². The van der Waals surface area contributed by atoms with E-state index in [4.69, 9.17) is 4.74 Å². The van der Waals surface area contributed by atoms with Crippen LogP contribution in [0.3, 0.4) is 0 Å². The van der Waals surface area contributed by atoms with E-state index in [2.05, 4.69) is 27.0 Å². The van der Waals surface area contributed by atoms with Gasteiger partial charge in [0.1, 0.15) is 5.65 Å². The number of carbonyl (C=O) groups excluding carboxylic acids is 1. The van der Waals surface area contributed by atoms with Gasteiger partial charge in [0.25, 0.3) is 0 Å². The smallest absolute Gasteiger partial charge is 0.225 e. The normalized spacial score (nSPS) is 23.3. The number of hydrogen-bond donors (Lipinski definition) is 1. The summed E-state index contributed by atoms with van der Waals surface area (Å²) in [5, 5.41) is 1.15. The fraction of sp³-hybridized carbons (Fsp3) is 0.556. The molecule has 0 unspecified atom stereocenters. The fourth-order valence-electron chi connectivity index (χ4n) is 3.83. The molecule has 23 heavy (non-hydrogen) atoms. The molecular weight excluding hydrogens is 290 g/mol. The van der Waals surface area contributed by atoms with Crippen molar-refractivity contribution in [1.29, 1.82) is 0 Å². The van der Waals surface area contributed by atoms with Crippen LogP contribution in [0.2, 0.25) is 0 Å². The number of hydrogen-bond acceptors (Lipinski definition) is 3. The van der Waals surface area contributed by atoms with Gasteiger partial charge < -0.3 is 14.6 Å². The van der Waals surface area contributed by atoms with E-state index in [-0.39, 0.29) is 5.92 Å². The zero-order valence-electron chi connectivity index (χ0n) is 13.3. The predicted molar refractivity (Wildman–Crippen MR) is 88.2 cm³/mol. The lowest BCUT2D eigenvalue weighted by molar-refractivity contribution is -0.139. The summed E-state index contributed by atoms with van der Waals surface area (Å²) in [7, 11) is 0. The zero-order chi connectivity index (χ0) is 15.6. The number of pyridine rings is 1. The Morgan fingerprint density at radius 1 is 1.30 bits per heavy atom. The monoisotopic (exact) mass is 313 g/mol. The summed E-state index contributed by atoms with van der Waals surface area (Å²) >= 11 is 0. The predicted octanol–water partition coefficient (Wildman–Crippen LogP) is 2.70. The molecule has 0 radical (unpaired) electrons. The number of fused-ring (bicyclic) bond motifs is 1. The number of nitrogens with one attached hydrogen (secondary N) is 1.